The van der Waals surface area contributed by atoms with Gasteiger partial charge in [0, 0.05) is 0 Å². The van der Waals surface area contributed by atoms with Crippen molar-refractivity contribution in [2.24, 2.45) is 0 Å². The van der Waals surface area contributed by atoms with Crippen molar-refractivity contribution in [3.8, 4) is 0 Å². The normalized spacial score (nSPS) is 41.7. The lowest BCUT2D eigenvalue weighted by atomic mass is 9.81. The number of carbonyl (C=O) groups excluding carboxylic acids is 4. The summed E-state index contributed by atoms with van der Waals surface area (Å²) in [6.45, 7) is -1.26. The Labute approximate surface area is 132 Å². The highest BCUT2D eigenvalue weighted by Gasteiger charge is 2.69. The molecule has 0 aromatic heterocycles. The van der Waals surface area contributed by atoms with Crippen LogP contribution in [0.3, 0.4) is 0 Å². The van der Waals surface area contributed by atoms with Gasteiger partial charge >= 0.3 is 11.9 Å². The van der Waals surface area contributed by atoms with Crippen LogP contribution in [0.25, 0.3) is 0 Å². The van der Waals surface area contributed by atoms with E-state index in [2.05, 4.69) is 9.47 Å². The number of aliphatic hydroxyl groups is 6. The van der Waals surface area contributed by atoms with Gasteiger partial charge in [0.1, 0.15) is 24.4 Å². The fraction of sp³-hybridized carbons (Fsp3) is 0.667. The van der Waals surface area contributed by atoms with E-state index in [-0.39, 0.29) is 0 Å². The molecule has 0 saturated carbocycles. The van der Waals surface area contributed by atoms with Crippen LogP contribution in [0.5, 0.6) is 0 Å². The van der Waals surface area contributed by atoms with Crippen molar-refractivity contribution >= 4 is 23.5 Å². The van der Waals surface area contributed by atoms with E-state index in [4.69, 9.17) is 5.11 Å². The molecule has 0 aromatic carbocycles. The summed E-state index contributed by atoms with van der Waals surface area (Å²) in [7, 11) is 0. The predicted octanol–water partition coefficient (Wildman–Crippen LogP) is -5.86. The first-order valence-electron chi connectivity index (χ1n) is 6.62. The highest BCUT2D eigenvalue weighted by molar-refractivity contribution is 6.39. The summed E-state index contributed by atoms with van der Waals surface area (Å²) in [4.78, 5) is 47.5. The maximum absolute atomic E-state index is 12.4. The first-order valence-corrected chi connectivity index (χ1v) is 6.62. The molecule has 0 spiro atoms. The van der Waals surface area contributed by atoms with E-state index in [0.29, 0.717) is 0 Å². The number of ketones is 2. The number of Topliss-reactive ketones (excluding diaryl/α,β-unsaturated/α-hetero) is 2. The summed E-state index contributed by atoms with van der Waals surface area (Å²) >= 11 is 0. The summed E-state index contributed by atoms with van der Waals surface area (Å²) in [6, 6.07) is 0. The zero-order valence-electron chi connectivity index (χ0n) is 11.8. The van der Waals surface area contributed by atoms with Gasteiger partial charge in [0.15, 0.2) is 6.10 Å². The highest BCUT2D eigenvalue weighted by Crippen LogP contribution is 2.35. The fourth-order valence-corrected chi connectivity index (χ4v) is 2.51. The van der Waals surface area contributed by atoms with E-state index >= 15 is 0 Å². The molecule has 134 valence electrons. The van der Waals surface area contributed by atoms with Crippen LogP contribution in [0.1, 0.15) is 0 Å². The third-order valence-corrected chi connectivity index (χ3v) is 3.88. The Morgan fingerprint density at radius 1 is 1.00 bits per heavy atom. The van der Waals surface area contributed by atoms with Gasteiger partial charge in [0.25, 0.3) is 5.78 Å². The van der Waals surface area contributed by atoms with Crippen molar-refractivity contribution in [1.29, 1.82) is 0 Å². The van der Waals surface area contributed by atoms with Crippen LogP contribution in [0, 0.1) is 0 Å². The maximum atomic E-state index is 12.4. The second kappa shape index (κ2) is 6.16. The monoisotopic (exact) mass is 350 g/mol. The van der Waals surface area contributed by atoms with Gasteiger partial charge in [-0.3, -0.25) is 9.59 Å². The van der Waals surface area contributed by atoms with Crippen molar-refractivity contribution in [3.63, 3.8) is 0 Å². The number of esters is 2. The molecule has 0 aliphatic carbocycles. The number of aliphatic hydroxyl groups excluding tert-OH is 6. The Kier molecular flexibility index (Phi) is 4.72. The molecule has 0 radical (unpaired) electrons. The number of ether oxygens (including phenoxy) is 2. The zero-order chi connectivity index (χ0) is 18.4. The number of rotatable bonds is 2. The number of fused-ring (bicyclic) bond motifs is 1. The van der Waals surface area contributed by atoms with Crippen LogP contribution >= 0.6 is 0 Å². The van der Waals surface area contributed by atoms with E-state index < -0.39 is 72.3 Å². The topological polar surface area (TPSA) is 208 Å². The maximum Gasteiger partial charge on any atom is 0.380 e. The van der Waals surface area contributed by atoms with Gasteiger partial charge in [0.05, 0.1) is 6.61 Å². The molecule has 6 N–H and O–H groups in total. The standard InChI is InChI=1S/C12H14O12/c13-1-2(14)12-8(20)5(17)3(15)4(16)6(18)10(21)23-9(12)7(19)11(22)24-12/h2-6,9,13-18H,1H2/t2-,3+,4+,5+,6-,9?,12+/m1/s1. The summed E-state index contributed by atoms with van der Waals surface area (Å²) in [5.41, 5.74) is -3.04. The minimum Gasteiger partial charge on any atom is -0.447 e. The van der Waals surface area contributed by atoms with Crippen LogP contribution < -0.4 is 0 Å². The molecule has 2 aliphatic heterocycles. The quantitative estimate of drug-likeness (QED) is 0.203. The SMILES string of the molecule is O=C1O[C@@]2([C@H](O)CO)C(=O)[C@@H](O)[C@@H](O)[C@H](O)[C@@H](O)C(=O)OC2C1=O. The first kappa shape index (κ1) is 18.4. The van der Waals surface area contributed by atoms with Crippen LogP contribution in [0.4, 0.5) is 0 Å². The molecule has 0 amide bonds. The van der Waals surface area contributed by atoms with Crippen molar-refractivity contribution in [1.82, 2.24) is 0 Å². The molecular formula is C12H14O12. The fourth-order valence-electron chi connectivity index (χ4n) is 2.51. The second-order valence-electron chi connectivity index (χ2n) is 5.30. The smallest absolute Gasteiger partial charge is 0.380 e. The lowest BCUT2D eigenvalue weighted by Crippen LogP contribution is -2.64. The van der Waals surface area contributed by atoms with E-state index in [1.54, 1.807) is 0 Å². The van der Waals surface area contributed by atoms with Crippen LogP contribution in [-0.2, 0) is 28.7 Å². The average molecular weight is 350 g/mol. The molecule has 12 nitrogen and oxygen atoms in total. The number of carbonyl (C=O) groups is 4. The molecular weight excluding hydrogens is 336 g/mol. The third kappa shape index (κ3) is 2.40. The molecule has 7 atom stereocenters. The Balaban J connectivity index is 2.65. The van der Waals surface area contributed by atoms with E-state index in [9.17, 15) is 44.7 Å². The lowest BCUT2D eigenvalue weighted by Gasteiger charge is -2.34. The van der Waals surface area contributed by atoms with Crippen molar-refractivity contribution in [2.75, 3.05) is 6.61 Å². The van der Waals surface area contributed by atoms with E-state index in [1.807, 2.05) is 0 Å². The lowest BCUT2D eigenvalue weighted by molar-refractivity contribution is -0.195. The molecule has 0 aromatic rings. The Bertz CT molecular complexity index is 587. The summed E-state index contributed by atoms with van der Waals surface area (Å²) < 4.78 is 8.99. The van der Waals surface area contributed by atoms with Crippen LogP contribution in [0.2, 0.25) is 0 Å². The molecule has 2 aliphatic rings. The van der Waals surface area contributed by atoms with Gasteiger partial charge in [0.2, 0.25) is 17.5 Å². The van der Waals surface area contributed by atoms with Gasteiger partial charge in [-0.2, -0.15) is 0 Å². The molecule has 2 fully saturated rings. The number of hydrogen-bond acceptors (Lipinski definition) is 12. The molecule has 2 heterocycles. The van der Waals surface area contributed by atoms with Crippen molar-refractivity contribution in [3.05, 3.63) is 0 Å². The second-order valence-corrected chi connectivity index (χ2v) is 5.30. The van der Waals surface area contributed by atoms with Gasteiger partial charge in [-0.05, 0) is 0 Å². The first-order chi connectivity index (χ1) is 11.1. The van der Waals surface area contributed by atoms with Crippen molar-refractivity contribution in [2.45, 2.75) is 42.2 Å². The molecule has 2 saturated heterocycles. The zero-order valence-corrected chi connectivity index (χ0v) is 11.8. The van der Waals surface area contributed by atoms with E-state index in [0.717, 1.165) is 0 Å². The summed E-state index contributed by atoms with van der Waals surface area (Å²) in [5.74, 6) is -6.74. The third-order valence-electron chi connectivity index (χ3n) is 3.88. The highest BCUT2D eigenvalue weighted by atomic mass is 16.6. The van der Waals surface area contributed by atoms with Gasteiger partial charge < -0.3 is 40.1 Å². The van der Waals surface area contributed by atoms with E-state index in [1.165, 1.54) is 0 Å². The molecule has 0 bridgehead atoms. The minimum absolute atomic E-state index is 1.26. The van der Waals surface area contributed by atoms with Gasteiger partial charge in [-0.1, -0.05) is 0 Å². The van der Waals surface area contributed by atoms with Gasteiger partial charge in [-0.15, -0.1) is 0 Å². The minimum atomic E-state index is -3.04. The molecule has 12 heteroatoms. The largest absolute Gasteiger partial charge is 0.447 e. The Morgan fingerprint density at radius 3 is 2.08 bits per heavy atom. The molecule has 2 rings (SSSR count). The average Bonchev–Trinajstić information content (AvgIpc) is 2.82. The molecule has 24 heavy (non-hydrogen) atoms. The van der Waals surface area contributed by atoms with Crippen LogP contribution in [0.15, 0.2) is 0 Å². The molecule has 1 unspecified atom stereocenters. The number of hydrogen-bond donors (Lipinski definition) is 6. The van der Waals surface area contributed by atoms with Crippen molar-refractivity contribution < 1.29 is 59.3 Å². The predicted molar refractivity (Wildman–Crippen MR) is 65.8 cm³/mol. The Morgan fingerprint density at radius 2 is 1.54 bits per heavy atom. The summed E-state index contributed by atoms with van der Waals surface area (Å²) in [5, 5.41) is 57.6. The van der Waals surface area contributed by atoms with Gasteiger partial charge in [-0.25, -0.2) is 9.59 Å². The Hall–Kier alpha value is -1.96. The van der Waals surface area contributed by atoms with Crippen LogP contribution in [-0.4, -0.2) is 103 Å². The summed E-state index contributed by atoms with van der Waals surface area (Å²) in [6.07, 6.45) is -14.7.